The molecule has 0 bridgehead atoms. The quantitative estimate of drug-likeness (QED) is 0.548. The Balaban J connectivity index is 1.77. The van der Waals surface area contributed by atoms with Crippen molar-refractivity contribution in [2.45, 2.75) is 17.9 Å². The molecule has 2 aromatic carbocycles. The van der Waals surface area contributed by atoms with Crippen LogP contribution in [0.15, 0.2) is 47.4 Å². The first kappa shape index (κ1) is 21.7. The second-order valence-corrected chi connectivity index (χ2v) is 9.11. The number of carbonyl (C=O) groups is 1. The average Bonchev–Trinajstić information content (AvgIpc) is 2.73. The Morgan fingerprint density at radius 3 is 2.37 bits per heavy atom. The second kappa shape index (κ2) is 8.80. The highest BCUT2D eigenvalue weighted by Gasteiger charge is 2.24. The maximum atomic E-state index is 12.7. The van der Waals surface area contributed by atoms with Crippen LogP contribution in [0.25, 0.3) is 0 Å². The molecule has 1 atom stereocenters. The fraction of sp³-hybridized carbons (Fsp3) is 0.350. The van der Waals surface area contributed by atoms with Crippen LogP contribution in [0.2, 0.25) is 0 Å². The molecule has 0 radical (unpaired) electrons. The Labute approximate surface area is 174 Å². The maximum Gasteiger partial charge on any atom is 0.293 e. The van der Waals surface area contributed by atoms with Crippen molar-refractivity contribution in [3.8, 4) is 0 Å². The lowest BCUT2D eigenvalue weighted by molar-refractivity contribution is -0.384. The molecular weight excluding hydrogens is 410 g/mol. The number of nitro groups is 1. The summed E-state index contributed by atoms with van der Waals surface area (Å²) >= 11 is 0. The molecule has 1 fully saturated rings. The molecule has 0 spiro atoms. The zero-order valence-electron chi connectivity index (χ0n) is 16.7. The highest BCUT2D eigenvalue weighted by Crippen LogP contribution is 2.30. The molecule has 1 amide bonds. The second-order valence-electron chi connectivity index (χ2n) is 7.10. The van der Waals surface area contributed by atoms with E-state index in [0.717, 1.165) is 11.8 Å². The van der Waals surface area contributed by atoms with Gasteiger partial charge in [0.1, 0.15) is 5.69 Å². The van der Waals surface area contributed by atoms with Gasteiger partial charge in [0, 0.05) is 31.0 Å². The number of carbonyl (C=O) groups excluding carboxylic acids is 1. The van der Waals surface area contributed by atoms with Crippen molar-refractivity contribution < 1.29 is 22.9 Å². The van der Waals surface area contributed by atoms with Crippen LogP contribution >= 0.6 is 0 Å². The monoisotopic (exact) mass is 433 g/mol. The molecule has 30 heavy (non-hydrogen) atoms. The zero-order chi connectivity index (χ0) is 21.9. The van der Waals surface area contributed by atoms with Crippen LogP contribution in [-0.4, -0.2) is 51.8 Å². The fourth-order valence-corrected chi connectivity index (χ4v) is 3.88. The van der Waals surface area contributed by atoms with E-state index in [-0.39, 0.29) is 16.1 Å². The van der Waals surface area contributed by atoms with Gasteiger partial charge in [0.05, 0.1) is 29.1 Å². The van der Waals surface area contributed by atoms with E-state index in [9.17, 15) is 23.3 Å². The minimum Gasteiger partial charge on any atom is -0.378 e. The van der Waals surface area contributed by atoms with Gasteiger partial charge in [0.2, 0.25) is 0 Å². The smallest absolute Gasteiger partial charge is 0.293 e. The number of nitrogens with one attached hydrogen (secondary N) is 1. The van der Waals surface area contributed by atoms with E-state index in [0.29, 0.717) is 32.0 Å². The Kier molecular flexibility index (Phi) is 6.37. The topological polar surface area (TPSA) is 119 Å². The number of morpholine rings is 1. The van der Waals surface area contributed by atoms with Crippen LogP contribution in [0.3, 0.4) is 0 Å². The van der Waals surface area contributed by atoms with Crippen LogP contribution in [0.5, 0.6) is 0 Å². The van der Waals surface area contributed by atoms with Gasteiger partial charge in [-0.1, -0.05) is 12.1 Å². The molecule has 1 aliphatic heterocycles. The minimum atomic E-state index is -3.30. The van der Waals surface area contributed by atoms with Gasteiger partial charge < -0.3 is 15.0 Å². The van der Waals surface area contributed by atoms with Gasteiger partial charge in [-0.05, 0) is 36.8 Å². The van der Waals surface area contributed by atoms with E-state index < -0.39 is 26.7 Å². The summed E-state index contributed by atoms with van der Waals surface area (Å²) in [6.45, 7) is 3.84. The first-order chi connectivity index (χ1) is 14.2. The Bertz CT molecular complexity index is 1050. The van der Waals surface area contributed by atoms with Gasteiger partial charge in [0.15, 0.2) is 9.84 Å². The van der Waals surface area contributed by atoms with Gasteiger partial charge in [-0.2, -0.15) is 0 Å². The van der Waals surface area contributed by atoms with Gasteiger partial charge in [-0.15, -0.1) is 0 Å². The van der Waals surface area contributed by atoms with Gasteiger partial charge >= 0.3 is 0 Å². The molecule has 1 heterocycles. The Morgan fingerprint density at radius 2 is 1.80 bits per heavy atom. The largest absolute Gasteiger partial charge is 0.378 e. The first-order valence-corrected chi connectivity index (χ1v) is 11.3. The van der Waals surface area contributed by atoms with E-state index >= 15 is 0 Å². The zero-order valence-corrected chi connectivity index (χ0v) is 17.5. The third-order valence-electron chi connectivity index (χ3n) is 4.94. The van der Waals surface area contributed by atoms with Crippen molar-refractivity contribution in [1.82, 2.24) is 5.32 Å². The summed E-state index contributed by atoms with van der Waals surface area (Å²) in [5.41, 5.74) is 1.23. The van der Waals surface area contributed by atoms with Crippen LogP contribution < -0.4 is 10.2 Å². The highest BCUT2D eigenvalue weighted by molar-refractivity contribution is 7.90. The third kappa shape index (κ3) is 4.95. The summed E-state index contributed by atoms with van der Waals surface area (Å²) in [4.78, 5) is 25.8. The number of anilines is 1. The normalized spacial score (nSPS) is 15.5. The molecule has 10 heteroatoms. The lowest BCUT2D eigenvalue weighted by atomic mass is 10.1. The molecule has 1 aliphatic rings. The molecular formula is C20H23N3O6S. The van der Waals surface area contributed by atoms with E-state index in [4.69, 9.17) is 4.74 Å². The summed E-state index contributed by atoms with van der Waals surface area (Å²) < 4.78 is 28.4. The maximum absolute atomic E-state index is 12.7. The summed E-state index contributed by atoms with van der Waals surface area (Å²) in [5, 5.41) is 14.4. The number of nitrogens with zero attached hydrogens (tertiary/aromatic N) is 2. The number of hydrogen-bond donors (Lipinski definition) is 1. The molecule has 0 unspecified atom stereocenters. The van der Waals surface area contributed by atoms with Crippen LogP contribution in [0.4, 0.5) is 11.4 Å². The van der Waals surface area contributed by atoms with Crippen LogP contribution in [0.1, 0.15) is 28.9 Å². The number of amides is 1. The number of rotatable bonds is 6. The van der Waals surface area contributed by atoms with Gasteiger partial charge in [-0.3, -0.25) is 14.9 Å². The van der Waals surface area contributed by atoms with Crippen LogP contribution in [0, 0.1) is 10.1 Å². The molecule has 0 aromatic heterocycles. The van der Waals surface area contributed by atoms with Gasteiger partial charge in [-0.25, -0.2) is 8.42 Å². The van der Waals surface area contributed by atoms with E-state index in [1.54, 1.807) is 31.2 Å². The predicted molar refractivity (Wildman–Crippen MR) is 112 cm³/mol. The van der Waals surface area contributed by atoms with Crippen molar-refractivity contribution in [2.24, 2.45) is 0 Å². The molecule has 1 saturated heterocycles. The lowest BCUT2D eigenvalue weighted by Crippen LogP contribution is -2.36. The van der Waals surface area contributed by atoms with Crippen molar-refractivity contribution in [3.63, 3.8) is 0 Å². The lowest BCUT2D eigenvalue weighted by Gasteiger charge is -2.28. The van der Waals surface area contributed by atoms with Crippen LogP contribution in [-0.2, 0) is 14.6 Å². The first-order valence-electron chi connectivity index (χ1n) is 9.39. The molecule has 3 rings (SSSR count). The number of hydrogen-bond acceptors (Lipinski definition) is 7. The summed E-state index contributed by atoms with van der Waals surface area (Å²) in [6, 6.07) is 10.2. The fourth-order valence-electron chi connectivity index (χ4n) is 3.25. The number of nitro benzene ring substituents is 1. The van der Waals surface area contributed by atoms with E-state index in [1.165, 1.54) is 18.2 Å². The third-order valence-corrected chi connectivity index (χ3v) is 6.07. The van der Waals surface area contributed by atoms with E-state index in [2.05, 4.69) is 5.32 Å². The predicted octanol–water partition coefficient (Wildman–Crippen LogP) is 2.33. The highest BCUT2D eigenvalue weighted by atomic mass is 32.2. The van der Waals surface area contributed by atoms with E-state index in [1.807, 2.05) is 4.90 Å². The molecule has 160 valence electrons. The SMILES string of the molecule is C[C@H](NC(=O)c1ccc(N2CCOCC2)c([N+](=O)[O-])c1)c1ccc(S(C)(=O)=O)cc1. The molecule has 0 aliphatic carbocycles. The summed E-state index contributed by atoms with van der Waals surface area (Å²) in [5.74, 6) is -0.452. The molecule has 2 aromatic rings. The molecule has 1 N–H and O–H groups in total. The van der Waals surface area contributed by atoms with Crippen molar-refractivity contribution in [3.05, 3.63) is 63.7 Å². The minimum absolute atomic E-state index is 0.130. The van der Waals surface area contributed by atoms with Crippen molar-refractivity contribution in [2.75, 3.05) is 37.5 Å². The summed E-state index contributed by atoms with van der Waals surface area (Å²) in [6.07, 6.45) is 1.13. The standard InChI is InChI=1S/C20H23N3O6S/c1-14(15-3-6-17(7-4-15)30(2,27)28)21-20(24)16-5-8-18(19(13-16)23(25)26)22-9-11-29-12-10-22/h3-8,13-14H,9-12H2,1-2H3,(H,21,24)/t14-/m0/s1. The van der Waals surface area contributed by atoms with Gasteiger partial charge in [0.25, 0.3) is 11.6 Å². The number of sulfone groups is 1. The molecule has 9 nitrogen and oxygen atoms in total. The number of ether oxygens (including phenoxy) is 1. The Morgan fingerprint density at radius 1 is 1.17 bits per heavy atom. The number of benzene rings is 2. The average molecular weight is 433 g/mol. The Hall–Kier alpha value is -2.98. The molecule has 0 saturated carbocycles. The van der Waals surface area contributed by atoms with Crippen molar-refractivity contribution in [1.29, 1.82) is 0 Å². The van der Waals surface area contributed by atoms with Crippen molar-refractivity contribution >= 4 is 27.1 Å². The summed E-state index contributed by atoms with van der Waals surface area (Å²) in [7, 11) is -3.30.